The van der Waals surface area contributed by atoms with Crippen molar-refractivity contribution in [1.29, 1.82) is 0 Å². The highest BCUT2D eigenvalue weighted by Crippen LogP contribution is 2.45. The average molecular weight is 618 g/mol. The van der Waals surface area contributed by atoms with Crippen molar-refractivity contribution < 1.29 is 23.8 Å². The Kier molecular flexibility index (Phi) is 9.30. The number of fused-ring (bicyclic) bond motifs is 1. The Morgan fingerprint density at radius 2 is 1.76 bits per heavy atom. The molecule has 45 heavy (non-hydrogen) atoms. The second kappa shape index (κ2) is 12.7. The molecule has 0 spiro atoms. The summed E-state index contributed by atoms with van der Waals surface area (Å²) in [5.41, 5.74) is 7.81. The summed E-state index contributed by atoms with van der Waals surface area (Å²) < 4.78 is 26.1. The number of pyridine rings is 1. The van der Waals surface area contributed by atoms with E-state index >= 15 is 0 Å². The van der Waals surface area contributed by atoms with Crippen molar-refractivity contribution in [2.24, 2.45) is 5.41 Å². The minimum Gasteiger partial charge on any atom is -0.497 e. The third kappa shape index (κ3) is 7.33. The largest absolute Gasteiger partial charge is 0.497 e. The van der Waals surface area contributed by atoms with Gasteiger partial charge in [-0.15, -0.1) is 0 Å². The van der Waals surface area contributed by atoms with Gasteiger partial charge in [0.05, 0.1) is 18.4 Å². The van der Waals surface area contributed by atoms with E-state index in [2.05, 4.69) is 41.8 Å². The number of carbonyl (C=O) groups is 1. The molecule has 7 nitrogen and oxygen atoms in total. The summed E-state index contributed by atoms with van der Waals surface area (Å²) in [6.45, 7) is 17.9. The van der Waals surface area contributed by atoms with Crippen LogP contribution in [0.5, 0.6) is 5.75 Å². The number of aromatic nitrogens is 1. The van der Waals surface area contributed by atoms with Gasteiger partial charge in [0.2, 0.25) is 0 Å². The molecule has 3 heterocycles. The number of carboxylic acid groups (broad SMARTS) is 1. The van der Waals surface area contributed by atoms with Gasteiger partial charge in [-0.2, -0.15) is 0 Å². The Morgan fingerprint density at radius 3 is 2.40 bits per heavy atom. The van der Waals surface area contributed by atoms with Crippen LogP contribution in [0.1, 0.15) is 87.2 Å². The molecular weight excluding hydrogens is 569 g/mol. The Bertz CT molecular complexity index is 1570. The fraction of sp³-hybridized carbons (Fsp3) is 0.514. The van der Waals surface area contributed by atoms with Crippen molar-refractivity contribution in [3.05, 3.63) is 75.9 Å². The minimum atomic E-state index is -1.15. The van der Waals surface area contributed by atoms with Crippen molar-refractivity contribution in [1.82, 2.24) is 9.88 Å². The second-order valence-corrected chi connectivity index (χ2v) is 14.4. The van der Waals surface area contributed by atoms with E-state index in [0.29, 0.717) is 29.1 Å². The minimum absolute atomic E-state index is 0.223. The number of methoxy groups -OCH3 is 1. The van der Waals surface area contributed by atoms with Gasteiger partial charge >= 0.3 is 5.97 Å². The van der Waals surface area contributed by atoms with E-state index in [1.54, 1.807) is 19.2 Å². The predicted octanol–water partition coefficient (Wildman–Crippen LogP) is 7.64. The molecule has 3 aromatic rings. The van der Waals surface area contributed by atoms with Gasteiger partial charge in [0, 0.05) is 60.8 Å². The first-order valence-electron chi connectivity index (χ1n) is 16.0. The standard InChI is InChI=1S/C37H48FN3O4/c1-23-31(26-9-10-27-21-40(16-13-25(27)19-26)22-28-20-29(44-8)11-12-30(28)38)33(41-17-14-37(6,7)15-18-41)32(24(2)39-23)34(35(42)43)45-36(3,4)5/h9-12,19-20,34H,13-18,21-22H2,1-8H3,(H,42,43). The van der Waals surface area contributed by atoms with Gasteiger partial charge in [0.25, 0.3) is 0 Å². The molecular formula is C37H48FN3O4. The lowest BCUT2D eigenvalue weighted by atomic mass is 9.81. The first-order valence-corrected chi connectivity index (χ1v) is 16.0. The highest BCUT2D eigenvalue weighted by molar-refractivity contribution is 5.88. The molecule has 2 aliphatic rings. The highest BCUT2D eigenvalue weighted by atomic mass is 19.1. The maximum atomic E-state index is 14.6. The Morgan fingerprint density at radius 1 is 1.04 bits per heavy atom. The van der Waals surface area contributed by atoms with Crippen molar-refractivity contribution in [2.45, 2.75) is 92.5 Å². The molecule has 5 rings (SSSR count). The molecule has 1 atom stereocenters. The molecule has 2 aromatic carbocycles. The van der Waals surface area contributed by atoms with E-state index in [4.69, 9.17) is 14.5 Å². The van der Waals surface area contributed by atoms with E-state index in [1.165, 1.54) is 17.2 Å². The van der Waals surface area contributed by atoms with E-state index in [-0.39, 0.29) is 11.2 Å². The number of ether oxygens (including phenoxy) is 2. The molecule has 1 N–H and O–H groups in total. The van der Waals surface area contributed by atoms with Crippen molar-refractivity contribution in [3.8, 4) is 16.9 Å². The summed E-state index contributed by atoms with van der Waals surface area (Å²) >= 11 is 0. The van der Waals surface area contributed by atoms with Crippen LogP contribution in [0.2, 0.25) is 0 Å². The molecule has 1 aromatic heterocycles. The van der Waals surface area contributed by atoms with Crippen LogP contribution in [-0.4, -0.2) is 53.3 Å². The Hall–Kier alpha value is -3.49. The van der Waals surface area contributed by atoms with Crippen LogP contribution in [0.15, 0.2) is 36.4 Å². The van der Waals surface area contributed by atoms with Crippen molar-refractivity contribution in [2.75, 3.05) is 31.6 Å². The Labute approximate surface area is 267 Å². The zero-order chi connectivity index (χ0) is 32.7. The van der Waals surface area contributed by atoms with E-state index < -0.39 is 17.7 Å². The highest BCUT2D eigenvalue weighted by Gasteiger charge is 2.36. The number of anilines is 1. The van der Waals surface area contributed by atoms with Gasteiger partial charge < -0.3 is 19.5 Å². The van der Waals surface area contributed by atoms with Crippen LogP contribution in [0.25, 0.3) is 11.1 Å². The summed E-state index contributed by atoms with van der Waals surface area (Å²) in [6, 6.07) is 11.4. The number of benzene rings is 2. The Balaban J connectivity index is 1.55. The van der Waals surface area contributed by atoms with Gasteiger partial charge in [-0.1, -0.05) is 32.0 Å². The van der Waals surface area contributed by atoms with Crippen LogP contribution in [0.4, 0.5) is 10.1 Å². The molecule has 0 radical (unpaired) electrons. The molecule has 1 unspecified atom stereocenters. The number of aryl methyl sites for hydroxylation is 2. The maximum Gasteiger partial charge on any atom is 0.337 e. The van der Waals surface area contributed by atoms with Gasteiger partial charge in [-0.05, 0) is 94.2 Å². The number of piperidine rings is 1. The quantitative estimate of drug-likeness (QED) is 0.278. The van der Waals surface area contributed by atoms with Crippen molar-refractivity contribution >= 4 is 11.7 Å². The van der Waals surface area contributed by atoms with Crippen molar-refractivity contribution in [3.63, 3.8) is 0 Å². The smallest absolute Gasteiger partial charge is 0.337 e. The molecule has 2 aliphatic heterocycles. The lowest BCUT2D eigenvalue weighted by Gasteiger charge is -2.41. The average Bonchev–Trinajstić information content (AvgIpc) is 2.96. The summed E-state index contributed by atoms with van der Waals surface area (Å²) in [7, 11) is 1.59. The molecule has 0 aliphatic carbocycles. The number of halogens is 1. The predicted molar refractivity (Wildman–Crippen MR) is 176 cm³/mol. The molecule has 0 amide bonds. The molecule has 8 heteroatoms. The first-order chi connectivity index (χ1) is 21.2. The zero-order valence-corrected chi connectivity index (χ0v) is 28.1. The zero-order valence-electron chi connectivity index (χ0n) is 28.1. The van der Waals surface area contributed by atoms with E-state index in [0.717, 1.165) is 67.9 Å². The second-order valence-electron chi connectivity index (χ2n) is 14.4. The molecule has 1 saturated heterocycles. The number of hydrogen-bond donors (Lipinski definition) is 1. The summed E-state index contributed by atoms with van der Waals surface area (Å²) in [5, 5.41) is 10.5. The maximum absolute atomic E-state index is 14.6. The first kappa shape index (κ1) is 32.9. The number of nitrogens with zero attached hydrogens (tertiary/aromatic N) is 3. The topological polar surface area (TPSA) is 75.1 Å². The van der Waals surface area contributed by atoms with Crippen LogP contribution in [0.3, 0.4) is 0 Å². The number of rotatable bonds is 8. The van der Waals surface area contributed by atoms with E-state index in [9.17, 15) is 14.3 Å². The number of carboxylic acids is 1. The molecule has 0 saturated carbocycles. The fourth-order valence-electron chi connectivity index (χ4n) is 6.70. The lowest BCUT2D eigenvalue weighted by molar-refractivity contribution is -0.160. The monoisotopic (exact) mass is 617 g/mol. The van der Waals surface area contributed by atoms with Crippen LogP contribution >= 0.6 is 0 Å². The van der Waals surface area contributed by atoms with Gasteiger partial charge in [0.15, 0.2) is 6.10 Å². The number of aliphatic carboxylic acids is 1. The SMILES string of the molecule is COc1ccc(F)c(CN2CCc3cc(-c4c(C)nc(C)c(C(OC(C)(C)C)C(=O)O)c4N4CCC(C)(C)CC4)ccc3C2)c1. The molecule has 242 valence electrons. The summed E-state index contributed by atoms with van der Waals surface area (Å²) in [5.74, 6) is -0.582. The van der Waals surface area contributed by atoms with Gasteiger partial charge in [-0.3, -0.25) is 9.88 Å². The third-order valence-corrected chi connectivity index (χ3v) is 9.20. The van der Waals surface area contributed by atoms with Gasteiger partial charge in [-0.25, -0.2) is 9.18 Å². The normalized spacial score (nSPS) is 17.6. The molecule has 0 bridgehead atoms. The summed E-state index contributed by atoms with van der Waals surface area (Å²) in [4.78, 5) is 22.4. The fourth-order valence-corrected chi connectivity index (χ4v) is 6.70. The van der Waals surface area contributed by atoms with Crippen LogP contribution < -0.4 is 9.64 Å². The van der Waals surface area contributed by atoms with Gasteiger partial charge in [0.1, 0.15) is 11.6 Å². The van der Waals surface area contributed by atoms with Crippen LogP contribution in [-0.2, 0) is 29.0 Å². The third-order valence-electron chi connectivity index (χ3n) is 9.20. The number of hydrogen-bond acceptors (Lipinski definition) is 6. The van der Waals surface area contributed by atoms with Crippen LogP contribution in [0, 0.1) is 25.1 Å². The summed E-state index contributed by atoms with van der Waals surface area (Å²) in [6.07, 6.45) is 1.71. The molecule has 1 fully saturated rings. The lowest BCUT2D eigenvalue weighted by Crippen LogP contribution is -2.39. The van der Waals surface area contributed by atoms with E-state index in [1.807, 2.05) is 34.6 Å².